The van der Waals surface area contributed by atoms with Crippen LogP contribution >= 0.6 is 0 Å². The number of rotatable bonds is 7. The molecule has 0 amide bonds. The van der Waals surface area contributed by atoms with Gasteiger partial charge >= 0.3 is 0 Å². The van der Waals surface area contributed by atoms with Gasteiger partial charge in [-0.05, 0) is 61.1 Å². The van der Waals surface area contributed by atoms with E-state index in [-0.39, 0.29) is 0 Å². The Balaban J connectivity index is 1.26. The largest absolute Gasteiger partial charge is 0.372 e. The molecule has 1 fully saturated rings. The summed E-state index contributed by atoms with van der Waals surface area (Å²) in [7, 11) is 0. The minimum Gasteiger partial charge on any atom is -0.372 e. The minimum absolute atomic E-state index is 0.348. The monoisotopic (exact) mass is 439 g/mol. The van der Waals surface area contributed by atoms with Gasteiger partial charge in [-0.15, -0.1) is 0 Å². The van der Waals surface area contributed by atoms with Crippen molar-refractivity contribution in [2.24, 2.45) is 0 Å². The summed E-state index contributed by atoms with van der Waals surface area (Å²) in [6.45, 7) is 11.1. The van der Waals surface area contributed by atoms with Gasteiger partial charge in [-0.25, -0.2) is 0 Å². The Kier molecular flexibility index (Phi) is 6.80. The van der Waals surface area contributed by atoms with Crippen molar-refractivity contribution in [3.63, 3.8) is 0 Å². The smallest absolute Gasteiger partial charge is 0.0601 e. The molecule has 3 aromatic carbocycles. The van der Waals surface area contributed by atoms with E-state index in [0.717, 1.165) is 39.3 Å². The molecule has 5 rings (SSSR count). The zero-order valence-corrected chi connectivity index (χ0v) is 20.2. The highest BCUT2D eigenvalue weighted by molar-refractivity contribution is 5.52. The average molecular weight is 440 g/mol. The molecule has 2 aliphatic heterocycles. The summed E-state index contributed by atoms with van der Waals surface area (Å²) >= 11 is 0. The second kappa shape index (κ2) is 10.1. The normalized spacial score (nSPS) is 17.4. The Bertz CT molecular complexity index is 981. The maximum atomic E-state index is 2.73. The zero-order valence-electron chi connectivity index (χ0n) is 20.2. The summed E-state index contributed by atoms with van der Waals surface area (Å²) in [4.78, 5) is 7.88. The maximum absolute atomic E-state index is 2.73. The first kappa shape index (κ1) is 22.2. The molecule has 0 saturated carbocycles. The van der Waals surface area contributed by atoms with Crippen molar-refractivity contribution in [1.82, 2.24) is 9.80 Å². The third kappa shape index (κ3) is 4.71. The molecule has 0 aromatic heterocycles. The van der Waals surface area contributed by atoms with E-state index in [1.54, 1.807) is 0 Å². The van der Waals surface area contributed by atoms with Crippen LogP contribution in [0.4, 0.5) is 5.69 Å². The molecule has 33 heavy (non-hydrogen) atoms. The van der Waals surface area contributed by atoms with Crippen molar-refractivity contribution in [1.29, 1.82) is 0 Å². The fourth-order valence-corrected chi connectivity index (χ4v) is 5.84. The fourth-order valence-electron chi connectivity index (χ4n) is 5.84. The molecule has 0 bridgehead atoms. The van der Waals surface area contributed by atoms with Gasteiger partial charge < -0.3 is 4.90 Å². The molecule has 2 aliphatic rings. The molecule has 3 heteroatoms. The molecule has 0 unspecified atom stereocenters. The Morgan fingerprint density at radius 3 is 1.91 bits per heavy atom. The van der Waals surface area contributed by atoms with Gasteiger partial charge in [0, 0.05) is 51.0 Å². The third-order valence-corrected chi connectivity index (χ3v) is 7.68. The van der Waals surface area contributed by atoms with Gasteiger partial charge in [-0.3, -0.25) is 9.80 Å². The van der Waals surface area contributed by atoms with Crippen LogP contribution in [0, 0.1) is 0 Å². The van der Waals surface area contributed by atoms with E-state index >= 15 is 0 Å². The maximum Gasteiger partial charge on any atom is 0.0601 e. The van der Waals surface area contributed by atoms with E-state index in [1.165, 1.54) is 40.8 Å². The molecule has 172 valence electrons. The fraction of sp³-hybridized carbons (Fsp3) is 0.400. The van der Waals surface area contributed by atoms with Gasteiger partial charge in [0.25, 0.3) is 0 Å². The van der Waals surface area contributed by atoms with Crippen LogP contribution in [0.2, 0.25) is 0 Å². The average Bonchev–Trinajstić information content (AvgIpc) is 3.30. The van der Waals surface area contributed by atoms with Crippen molar-refractivity contribution in [2.45, 2.75) is 51.9 Å². The first-order valence-electron chi connectivity index (χ1n) is 12.7. The number of fused-ring (bicyclic) bond motifs is 1. The van der Waals surface area contributed by atoms with E-state index in [0.29, 0.717) is 12.1 Å². The lowest BCUT2D eigenvalue weighted by Gasteiger charge is -2.40. The van der Waals surface area contributed by atoms with Crippen molar-refractivity contribution >= 4 is 5.69 Å². The van der Waals surface area contributed by atoms with Gasteiger partial charge in [0.2, 0.25) is 0 Å². The van der Waals surface area contributed by atoms with Crippen molar-refractivity contribution < 1.29 is 0 Å². The van der Waals surface area contributed by atoms with Crippen LogP contribution in [0.5, 0.6) is 0 Å². The third-order valence-electron chi connectivity index (χ3n) is 7.68. The molecule has 0 N–H and O–H groups in total. The summed E-state index contributed by atoms with van der Waals surface area (Å²) in [5.41, 5.74) is 7.25. The van der Waals surface area contributed by atoms with Crippen LogP contribution in [0.25, 0.3) is 0 Å². The SMILES string of the molecule is CCN(CC)c1ccc2c(c1)CN(C1CCN(C(c3ccccc3)c3ccccc3)CC1)C2. The number of benzene rings is 3. The van der Waals surface area contributed by atoms with E-state index in [9.17, 15) is 0 Å². The zero-order chi connectivity index (χ0) is 22.6. The quantitative estimate of drug-likeness (QED) is 0.440. The Morgan fingerprint density at radius 1 is 0.758 bits per heavy atom. The molecular weight excluding hydrogens is 402 g/mol. The molecule has 0 radical (unpaired) electrons. The summed E-state index contributed by atoms with van der Waals surface area (Å²) < 4.78 is 0. The van der Waals surface area contributed by atoms with Gasteiger partial charge in [-0.2, -0.15) is 0 Å². The predicted molar refractivity (Wildman–Crippen MR) is 139 cm³/mol. The molecular formula is C30H37N3. The van der Waals surface area contributed by atoms with Crippen LogP contribution in [0.15, 0.2) is 78.9 Å². The lowest BCUT2D eigenvalue weighted by Crippen LogP contribution is -2.44. The van der Waals surface area contributed by atoms with Gasteiger partial charge in [0.15, 0.2) is 0 Å². The topological polar surface area (TPSA) is 9.72 Å². The van der Waals surface area contributed by atoms with E-state index < -0.39 is 0 Å². The standard InChI is InChI=1S/C30H37N3/c1-3-31(4-2)29-16-15-26-22-33(23-27(26)21-29)28-17-19-32(20-18-28)30(24-11-7-5-8-12-24)25-13-9-6-10-14-25/h5-16,21,28,30H,3-4,17-20,22-23H2,1-2H3. The Hall–Kier alpha value is -2.62. The second-order valence-electron chi connectivity index (χ2n) is 9.52. The van der Waals surface area contributed by atoms with Crippen LogP contribution in [0.1, 0.15) is 55.0 Å². The number of hydrogen-bond acceptors (Lipinski definition) is 3. The van der Waals surface area contributed by atoms with Crippen LogP contribution in [0.3, 0.4) is 0 Å². The molecule has 0 aliphatic carbocycles. The molecule has 0 atom stereocenters. The number of anilines is 1. The van der Waals surface area contributed by atoms with Gasteiger partial charge in [0.1, 0.15) is 0 Å². The van der Waals surface area contributed by atoms with E-state index in [4.69, 9.17) is 0 Å². The summed E-state index contributed by atoms with van der Waals surface area (Å²) in [5.74, 6) is 0. The van der Waals surface area contributed by atoms with Crippen LogP contribution in [-0.2, 0) is 13.1 Å². The first-order valence-corrected chi connectivity index (χ1v) is 12.7. The molecule has 1 saturated heterocycles. The van der Waals surface area contributed by atoms with Gasteiger partial charge in [0.05, 0.1) is 6.04 Å². The molecule has 0 spiro atoms. The van der Waals surface area contributed by atoms with Crippen LogP contribution < -0.4 is 4.90 Å². The Labute approximate surface area is 199 Å². The highest BCUT2D eigenvalue weighted by atomic mass is 15.2. The second-order valence-corrected chi connectivity index (χ2v) is 9.52. The lowest BCUT2D eigenvalue weighted by atomic mass is 9.93. The van der Waals surface area contributed by atoms with E-state index in [2.05, 4.69) is 107 Å². The number of piperidine rings is 1. The van der Waals surface area contributed by atoms with Crippen LogP contribution in [-0.4, -0.2) is 42.0 Å². The number of hydrogen-bond donors (Lipinski definition) is 0. The van der Waals surface area contributed by atoms with Gasteiger partial charge in [-0.1, -0.05) is 66.7 Å². The van der Waals surface area contributed by atoms with Crippen molar-refractivity contribution in [2.75, 3.05) is 31.1 Å². The first-order chi connectivity index (χ1) is 16.3. The number of likely N-dealkylation sites (tertiary alicyclic amines) is 1. The minimum atomic E-state index is 0.348. The van der Waals surface area contributed by atoms with E-state index in [1.807, 2.05) is 0 Å². The predicted octanol–water partition coefficient (Wildman–Crippen LogP) is 6.10. The number of nitrogens with zero attached hydrogens (tertiary/aromatic N) is 3. The molecule has 2 heterocycles. The van der Waals surface area contributed by atoms with Crippen molar-refractivity contribution in [3.8, 4) is 0 Å². The summed E-state index contributed by atoms with van der Waals surface area (Å²) in [5, 5.41) is 0. The summed E-state index contributed by atoms with van der Waals surface area (Å²) in [6, 6.07) is 30.2. The highest BCUT2D eigenvalue weighted by Crippen LogP contribution is 2.35. The summed E-state index contributed by atoms with van der Waals surface area (Å²) in [6.07, 6.45) is 2.49. The lowest BCUT2D eigenvalue weighted by molar-refractivity contribution is 0.0912. The van der Waals surface area contributed by atoms with Crippen molar-refractivity contribution in [3.05, 3.63) is 101 Å². The molecule has 3 nitrogen and oxygen atoms in total. The molecule has 3 aromatic rings. The highest BCUT2D eigenvalue weighted by Gasteiger charge is 2.32. The Morgan fingerprint density at radius 2 is 1.33 bits per heavy atom.